The van der Waals surface area contributed by atoms with Gasteiger partial charge in [-0.1, -0.05) is 13.8 Å². The second kappa shape index (κ2) is 7.51. The van der Waals surface area contributed by atoms with Crippen molar-refractivity contribution >= 4 is 0 Å². The standard InChI is InChI=1S/C13H25N3O2/c1-10(2)8-18-9-13(17)6-14-5-12-7-16(4)15-11(12)3/h7,10,13-14,17H,5-6,8-9H2,1-4H3. The fourth-order valence-electron chi connectivity index (χ4n) is 1.69. The van der Waals surface area contributed by atoms with E-state index in [4.69, 9.17) is 4.74 Å². The van der Waals surface area contributed by atoms with Crippen LogP contribution in [0.3, 0.4) is 0 Å². The first-order chi connectivity index (χ1) is 8.49. The summed E-state index contributed by atoms with van der Waals surface area (Å²) in [5.74, 6) is 0.503. The molecule has 0 radical (unpaired) electrons. The molecule has 0 saturated carbocycles. The highest BCUT2D eigenvalue weighted by Gasteiger charge is 2.06. The molecule has 5 heteroatoms. The summed E-state index contributed by atoms with van der Waals surface area (Å²) in [4.78, 5) is 0. The molecule has 1 rings (SSSR count). The second-order valence-electron chi connectivity index (χ2n) is 5.13. The molecule has 104 valence electrons. The Morgan fingerprint density at radius 3 is 2.72 bits per heavy atom. The van der Waals surface area contributed by atoms with Gasteiger partial charge in [-0.2, -0.15) is 5.10 Å². The number of hydrogen-bond donors (Lipinski definition) is 2. The van der Waals surface area contributed by atoms with Crippen LogP contribution in [0.5, 0.6) is 0 Å². The van der Waals surface area contributed by atoms with Gasteiger partial charge in [0.1, 0.15) is 0 Å². The maximum absolute atomic E-state index is 9.71. The zero-order valence-electron chi connectivity index (χ0n) is 11.8. The number of aliphatic hydroxyl groups excluding tert-OH is 1. The second-order valence-corrected chi connectivity index (χ2v) is 5.13. The van der Waals surface area contributed by atoms with Crippen LogP contribution in [-0.2, 0) is 18.3 Å². The molecule has 5 nitrogen and oxygen atoms in total. The number of rotatable bonds is 8. The third kappa shape index (κ3) is 5.62. The lowest BCUT2D eigenvalue weighted by atomic mass is 10.2. The molecule has 0 fully saturated rings. The number of hydrogen-bond acceptors (Lipinski definition) is 4. The lowest BCUT2D eigenvalue weighted by molar-refractivity contribution is 0.0260. The molecule has 0 aliphatic heterocycles. The monoisotopic (exact) mass is 255 g/mol. The normalized spacial score (nSPS) is 13.2. The summed E-state index contributed by atoms with van der Waals surface area (Å²) in [6.07, 6.45) is 1.53. The summed E-state index contributed by atoms with van der Waals surface area (Å²) in [5, 5.41) is 17.2. The van der Waals surface area contributed by atoms with E-state index in [2.05, 4.69) is 24.3 Å². The zero-order chi connectivity index (χ0) is 13.5. The van der Waals surface area contributed by atoms with E-state index in [1.165, 1.54) is 0 Å². The number of nitrogens with zero attached hydrogens (tertiary/aromatic N) is 2. The van der Waals surface area contributed by atoms with Gasteiger partial charge < -0.3 is 15.2 Å². The predicted octanol–water partition coefficient (Wildman–Crippen LogP) is 0.852. The van der Waals surface area contributed by atoms with Crippen molar-refractivity contribution in [2.24, 2.45) is 13.0 Å². The van der Waals surface area contributed by atoms with E-state index in [-0.39, 0.29) is 0 Å². The number of nitrogens with one attached hydrogen (secondary N) is 1. The Hall–Kier alpha value is -0.910. The van der Waals surface area contributed by atoms with Crippen molar-refractivity contribution in [3.63, 3.8) is 0 Å². The van der Waals surface area contributed by atoms with Crippen molar-refractivity contribution in [2.45, 2.75) is 33.4 Å². The first-order valence-electron chi connectivity index (χ1n) is 6.44. The molecule has 1 atom stereocenters. The van der Waals surface area contributed by atoms with Gasteiger partial charge in [-0.15, -0.1) is 0 Å². The summed E-state index contributed by atoms with van der Waals surface area (Å²) in [5.41, 5.74) is 2.18. The summed E-state index contributed by atoms with van der Waals surface area (Å²) >= 11 is 0. The minimum absolute atomic E-state index is 0.386. The molecule has 0 saturated heterocycles. The molecule has 1 unspecified atom stereocenters. The smallest absolute Gasteiger partial charge is 0.0897 e. The molecule has 0 bridgehead atoms. The van der Waals surface area contributed by atoms with Crippen molar-refractivity contribution in [1.29, 1.82) is 0 Å². The minimum atomic E-state index is -0.458. The molecule has 18 heavy (non-hydrogen) atoms. The fraction of sp³-hybridized carbons (Fsp3) is 0.769. The maximum atomic E-state index is 9.71. The SMILES string of the molecule is Cc1nn(C)cc1CNCC(O)COCC(C)C. The Morgan fingerprint density at radius 2 is 2.17 bits per heavy atom. The molecule has 1 aromatic heterocycles. The van der Waals surface area contributed by atoms with E-state index in [9.17, 15) is 5.11 Å². The first kappa shape index (κ1) is 15.1. The van der Waals surface area contributed by atoms with Crippen LogP contribution in [0.25, 0.3) is 0 Å². The summed E-state index contributed by atoms with van der Waals surface area (Å²) in [6, 6.07) is 0. The first-order valence-corrected chi connectivity index (χ1v) is 6.44. The average molecular weight is 255 g/mol. The van der Waals surface area contributed by atoms with Crippen LogP contribution in [0, 0.1) is 12.8 Å². The lowest BCUT2D eigenvalue weighted by Gasteiger charge is -2.13. The molecular weight excluding hydrogens is 230 g/mol. The van der Waals surface area contributed by atoms with Crippen LogP contribution in [0.4, 0.5) is 0 Å². The molecule has 0 spiro atoms. The van der Waals surface area contributed by atoms with E-state index in [1.54, 1.807) is 4.68 Å². The van der Waals surface area contributed by atoms with Gasteiger partial charge in [0.05, 0.1) is 18.4 Å². The highest BCUT2D eigenvalue weighted by molar-refractivity contribution is 5.14. The third-order valence-electron chi connectivity index (χ3n) is 2.57. The highest BCUT2D eigenvalue weighted by atomic mass is 16.5. The molecule has 0 aromatic carbocycles. The molecule has 1 aromatic rings. The van der Waals surface area contributed by atoms with Crippen molar-refractivity contribution in [3.8, 4) is 0 Å². The molecule has 1 heterocycles. The van der Waals surface area contributed by atoms with Gasteiger partial charge >= 0.3 is 0 Å². The van der Waals surface area contributed by atoms with Gasteiger partial charge in [0.15, 0.2) is 0 Å². The van der Waals surface area contributed by atoms with Crippen LogP contribution < -0.4 is 5.32 Å². The molecular formula is C13H25N3O2. The third-order valence-corrected chi connectivity index (χ3v) is 2.57. The van der Waals surface area contributed by atoms with Crippen molar-refractivity contribution in [2.75, 3.05) is 19.8 Å². The summed E-state index contributed by atoms with van der Waals surface area (Å²) in [7, 11) is 1.91. The van der Waals surface area contributed by atoms with E-state index >= 15 is 0 Å². The van der Waals surface area contributed by atoms with Gasteiger partial charge in [-0.3, -0.25) is 4.68 Å². The number of aryl methyl sites for hydroxylation is 2. The number of aromatic nitrogens is 2. The van der Waals surface area contributed by atoms with Crippen molar-refractivity contribution in [1.82, 2.24) is 15.1 Å². The Bertz CT molecular complexity index is 350. The Labute approximate surface area is 109 Å². The Balaban J connectivity index is 2.15. The summed E-state index contributed by atoms with van der Waals surface area (Å²) < 4.78 is 7.18. The van der Waals surface area contributed by atoms with E-state index in [0.717, 1.165) is 17.8 Å². The number of ether oxygens (including phenoxy) is 1. The topological polar surface area (TPSA) is 59.3 Å². The molecule has 0 aliphatic carbocycles. The van der Waals surface area contributed by atoms with Crippen molar-refractivity contribution < 1.29 is 9.84 Å². The van der Waals surface area contributed by atoms with Crippen LogP contribution in [0.2, 0.25) is 0 Å². The summed E-state index contributed by atoms with van der Waals surface area (Å²) in [6.45, 7) is 8.51. The van der Waals surface area contributed by atoms with Gasteiger partial charge in [-0.05, 0) is 12.8 Å². The van der Waals surface area contributed by atoms with Gasteiger partial charge in [0.25, 0.3) is 0 Å². The Morgan fingerprint density at radius 1 is 1.44 bits per heavy atom. The van der Waals surface area contributed by atoms with Crippen molar-refractivity contribution in [3.05, 3.63) is 17.5 Å². The van der Waals surface area contributed by atoms with Gasteiger partial charge in [0.2, 0.25) is 0 Å². The van der Waals surface area contributed by atoms with E-state index < -0.39 is 6.10 Å². The van der Waals surface area contributed by atoms with Crippen LogP contribution in [-0.4, -0.2) is 40.7 Å². The van der Waals surface area contributed by atoms with Crippen LogP contribution >= 0.6 is 0 Å². The molecule has 0 aliphatic rings. The quantitative estimate of drug-likeness (QED) is 0.723. The Kier molecular flexibility index (Phi) is 6.32. The molecule has 0 amide bonds. The largest absolute Gasteiger partial charge is 0.389 e. The van der Waals surface area contributed by atoms with Crippen LogP contribution in [0.1, 0.15) is 25.1 Å². The zero-order valence-corrected chi connectivity index (χ0v) is 11.8. The average Bonchev–Trinajstić information content (AvgIpc) is 2.57. The molecule has 2 N–H and O–H groups in total. The maximum Gasteiger partial charge on any atom is 0.0897 e. The van der Waals surface area contributed by atoms with Gasteiger partial charge in [0, 0.05) is 38.5 Å². The van der Waals surface area contributed by atoms with Crippen LogP contribution in [0.15, 0.2) is 6.20 Å². The van der Waals surface area contributed by atoms with E-state index in [0.29, 0.717) is 25.7 Å². The number of aliphatic hydroxyl groups is 1. The highest BCUT2D eigenvalue weighted by Crippen LogP contribution is 2.03. The lowest BCUT2D eigenvalue weighted by Crippen LogP contribution is -2.30. The van der Waals surface area contributed by atoms with E-state index in [1.807, 2.05) is 20.2 Å². The minimum Gasteiger partial charge on any atom is -0.389 e. The predicted molar refractivity (Wildman–Crippen MR) is 71.3 cm³/mol. The van der Waals surface area contributed by atoms with Gasteiger partial charge in [-0.25, -0.2) is 0 Å². The fourth-order valence-corrected chi connectivity index (χ4v) is 1.69.